The van der Waals surface area contributed by atoms with Gasteiger partial charge in [-0.1, -0.05) is 11.6 Å². The number of benzene rings is 2. The maximum absolute atomic E-state index is 13.4. The van der Waals surface area contributed by atoms with Gasteiger partial charge in [0.05, 0.1) is 16.4 Å². The molecule has 0 aromatic heterocycles. The van der Waals surface area contributed by atoms with Gasteiger partial charge in [0.15, 0.2) is 6.61 Å². The molecule has 2 amide bonds. The summed E-state index contributed by atoms with van der Waals surface area (Å²) in [4.78, 5) is 24.9. The molecular weight excluding hydrogens is 423 g/mol. The lowest BCUT2D eigenvalue weighted by Crippen LogP contribution is -2.84. The summed E-state index contributed by atoms with van der Waals surface area (Å²) in [6, 6.07) is 9.62. The molecule has 0 atom stereocenters. The molecule has 3 saturated carbocycles. The molecule has 31 heavy (non-hydrogen) atoms. The van der Waals surface area contributed by atoms with Gasteiger partial charge in [-0.3, -0.25) is 9.59 Å². The minimum absolute atomic E-state index is 0.00123. The van der Waals surface area contributed by atoms with E-state index in [1.165, 1.54) is 12.1 Å². The van der Waals surface area contributed by atoms with E-state index in [1.807, 2.05) is 18.2 Å². The SMILES string of the molecule is O=C(COc1ccc(Cl)c(F)c1)NC12CC(NC(=O)c3ccc4c(c3)NCCN4)(C1)C2. The second kappa shape index (κ2) is 7.30. The molecule has 7 nitrogen and oxygen atoms in total. The fourth-order valence-corrected chi connectivity index (χ4v) is 4.91. The van der Waals surface area contributed by atoms with E-state index in [9.17, 15) is 14.0 Å². The predicted molar refractivity (Wildman–Crippen MR) is 115 cm³/mol. The number of nitrogens with one attached hydrogen (secondary N) is 4. The summed E-state index contributed by atoms with van der Waals surface area (Å²) in [5.74, 6) is -0.734. The van der Waals surface area contributed by atoms with Crippen LogP contribution in [0.1, 0.15) is 29.6 Å². The molecule has 6 rings (SSSR count). The highest BCUT2D eigenvalue weighted by atomic mass is 35.5. The fraction of sp³-hybridized carbons (Fsp3) is 0.364. The number of ether oxygens (including phenoxy) is 1. The number of hydrogen-bond acceptors (Lipinski definition) is 5. The van der Waals surface area contributed by atoms with E-state index < -0.39 is 5.82 Å². The van der Waals surface area contributed by atoms with Crippen LogP contribution in [0.5, 0.6) is 5.75 Å². The zero-order valence-electron chi connectivity index (χ0n) is 16.7. The van der Waals surface area contributed by atoms with E-state index in [4.69, 9.17) is 16.3 Å². The zero-order valence-corrected chi connectivity index (χ0v) is 17.4. The molecule has 3 aliphatic carbocycles. The summed E-state index contributed by atoms with van der Waals surface area (Å²) in [6.45, 7) is 1.47. The highest BCUT2D eigenvalue weighted by molar-refractivity contribution is 6.30. The summed E-state index contributed by atoms with van der Waals surface area (Å²) in [6.07, 6.45) is 2.08. The third kappa shape index (κ3) is 3.76. The molecule has 2 aromatic rings. The molecule has 0 saturated heterocycles. The molecule has 0 radical (unpaired) electrons. The quantitative estimate of drug-likeness (QED) is 0.550. The number of carbonyl (C=O) groups is 2. The lowest BCUT2D eigenvalue weighted by molar-refractivity contribution is -0.141. The standard InChI is InChI=1S/C22H22ClFN4O3/c23-15-3-2-14(8-16(15)24)31-9-19(29)27-21-10-22(11-21,12-21)28-20(30)13-1-4-17-18(7-13)26-6-5-25-17/h1-4,7-8,25-26H,5-6,9-12H2,(H,27,29)(H,28,30). The van der Waals surface area contributed by atoms with Crippen LogP contribution in [0.25, 0.3) is 0 Å². The van der Waals surface area contributed by atoms with Gasteiger partial charge in [0.25, 0.3) is 11.8 Å². The van der Waals surface area contributed by atoms with E-state index in [2.05, 4.69) is 21.3 Å². The van der Waals surface area contributed by atoms with Gasteiger partial charge in [-0.2, -0.15) is 0 Å². The molecule has 0 unspecified atom stereocenters. The van der Waals surface area contributed by atoms with Crippen molar-refractivity contribution in [3.05, 3.63) is 52.8 Å². The summed E-state index contributed by atoms with van der Waals surface area (Å²) in [7, 11) is 0. The molecular formula is C22H22ClFN4O3. The Morgan fingerprint density at radius 2 is 1.71 bits per heavy atom. The van der Waals surface area contributed by atoms with Crippen LogP contribution in [-0.4, -0.2) is 42.6 Å². The van der Waals surface area contributed by atoms with Crippen molar-refractivity contribution in [2.24, 2.45) is 0 Å². The Hall–Kier alpha value is -3.00. The average molecular weight is 445 g/mol. The lowest BCUT2D eigenvalue weighted by atomic mass is 9.44. The Morgan fingerprint density at radius 1 is 1.00 bits per heavy atom. The molecule has 162 valence electrons. The number of carbonyl (C=O) groups excluding carboxylic acids is 2. The van der Waals surface area contributed by atoms with E-state index in [1.54, 1.807) is 0 Å². The van der Waals surface area contributed by atoms with Crippen LogP contribution in [0.3, 0.4) is 0 Å². The number of hydrogen-bond donors (Lipinski definition) is 4. The minimum atomic E-state index is -0.595. The van der Waals surface area contributed by atoms with Crippen LogP contribution in [-0.2, 0) is 4.79 Å². The van der Waals surface area contributed by atoms with Crippen molar-refractivity contribution in [3.8, 4) is 5.75 Å². The van der Waals surface area contributed by atoms with Crippen molar-refractivity contribution in [2.45, 2.75) is 30.3 Å². The van der Waals surface area contributed by atoms with Gasteiger partial charge in [-0.15, -0.1) is 0 Å². The van der Waals surface area contributed by atoms with Crippen LogP contribution < -0.4 is 26.0 Å². The van der Waals surface area contributed by atoms with Crippen LogP contribution in [0, 0.1) is 5.82 Å². The molecule has 3 fully saturated rings. The number of halogens is 2. The molecule has 4 aliphatic rings. The predicted octanol–water partition coefficient (Wildman–Crippen LogP) is 2.92. The van der Waals surface area contributed by atoms with Gasteiger partial charge in [0.2, 0.25) is 0 Å². The van der Waals surface area contributed by atoms with Gasteiger partial charge < -0.3 is 26.0 Å². The van der Waals surface area contributed by atoms with Gasteiger partial charge >= 0.3 is 0 Å². The third-order valence-corrected chi connectivity index (χ3v) is 6.42. The molecule has 0 spiro atoms. The third-order valence-electron chi connectivity index (χ3n) is 6.11. The Balaban J connectivity index is 1.10. The minimum Gasteiger partial charge on any atom is -0.484 e. The highest BCUT2D eigenvalue weighted by Crippen LogP contribution is 2.60. The van der Waals surface area contributed by atoms with Crippen LogP contribution in [0.15, 0.2) is 36.4 Å². The van der Waals surface area contributed by atoms with Gasteiger partial charge in [-0.25, -0.2) is 4.39 Å². The normalized spacial score (nSPS) is 25.0. The second-order valence-electron chi connectivity index (χ2n) is 8.57. The molecule has 2 aromatic carbocycles. The summed E-state index contributed by atoms with van der Waals surface area (Å²) in [5.41, 5.74) is 1.99. The Labute approximate surface area is 183 Å². The topological polar surface area (TPSA) is 91.5 Å². The van der Waals surface area contributed by atoms with E-state index >= 15 is 0 Å². The summed E-state index contributed by atoms with van der Waals surface area (Å²) >= 11 is 5.64. The monoisotopic (exact) mass is 444 g/mol. The largest absolute Gasteiger partial charge is 0.484 e. The smallest absolute Gasteiger partial charge is 0.258 e. The second-order valence-corrected chi connectivity index (χ2v) is 8.98. The first-order valence-corrected chi connectivity index (χ1v) is 10.6. The van der Waals surface area contributed by atoms with Crippen LogP contribution in [0.2, 0.25) is 5.02 Å². The maximum atomic E-state index is 13.4. The lowest BCUT2D eigenvalue weighted by Gasteiger charge is -2.70. The zero-order chi connectivity index (χ0) is 21.6. The number of amides is 2. The number of anilines is 2. The molecule has 1 aliphatic heterocycles. The maximum Gasteiger partial charge on any atom is 0.258 e. The molecule has 4 N–H and O–H groups in total. The van der Waals surface area contributed by atoms with Gasteiger partial charge in [0.1, 0.15) is 11.6 Å². The number of fused-ring (bicyclic) bond motifs is 1. The first-order valence-electron chi connectivity index (χ1n) is 10.2. The van der Waals surface area contributed by atoms with Crippen LogP contribution >= 0.6 is 11.6 Å². The highest BCUT2D eigenvalue weighted by Gasteiger charge is 2.69. The first-order chi connectivity index (χ1) is 14.9. The Kier molecular flexibility index (Phi) is 4.69. The van der Waals surface area contributed by atoms with E-state index in [0.29, 0.717) is 24.8 Å². The van der Waals surface area contributed by atoms with Crippen molar-refractivity contribution in [1.29, 1.82) is 0 Å². The Morgan fingerprint density at radius 3 is 2.45 bits per heavy atom. The number of rotatable bonds is 6. The van der Waals surface area contributed by atoms with Crippen molar-refractivity contribution in [2.75, 3.05) is 30.3 Å². The summed E-state index contributed by atoms with van der Waals surface area (Å²) in [5, 5.41) is 12.7. The van der Waals surface area contributed by atoms with E-state index in [-0.39, 0.29) is 40.3 Å². The summed E-state index contributed by atoms with van der Waals surface area (Å²) < 4.78 is 18.8. The average Bonchev–Trinajstić information content (AvgIpc) is 2.71. The van der Waals surface area contributed by atoms with Crippen LogP contribution in [0.4, 0.5) is 15.8 Å². The van der Waals surface area contributed by atoms with Crippen molar-refractivity contribution >= 4 is 34.8 Å². The van der Waals surface area contributed by atoms with Gasteiger partial charge in [0, 0.05) is 35.8 Å². The van der Waals surface area contributed by atoms with Crippen molar-refractivity contribution in [3.63, 3.8) is 0 Å². The molecule has 1 heterocycles. The Bertz CT molecular complexity index is 1060. The van der Waals surface area contributed by atoms with Crippen molar-refractivity contribution < 1.29 is 18.7 Å². The molecule has 9 heteroatoms. The van der Waals surface area contributed by atoms with E-state index in [0.717, 1.165) is 30.5 Å². The first kappa shape index (κ1) is 19.9. The van der Waals surface area contributed by atoms with Crippen molar-refractivity contribution in [1.82, 2.24) is 10.6 Å². The fourth-order valence-electron chi connectivity index (χ4n) is 4.79. The molecule has 2 bridgehead atoms. The van der Waals surface area contributed by atoms with Gasteiger partial charge in [-0.05, 0) is 49.6 Å².